The standard InChI is InChI=1S/C22H23NO/c1-3-9-19(10-4-1)13-8-16-23-21-14-7-15-22(17-21)24-18-20-11-5-2-6-12-20/h1-7,9-12,14-15,17,23H,8,13,16,18H2. The molecule has 0 unspecified atom stereocenters. The first kappa shape index (κ1) is 16.1. The third kappa shape index (κ3) is 5.17. The molecule has 0 spiro atoms. The van der Waals surface area contributed by atoms with Gasteiger partial charge in [-0.15, -0.1) is 0 Å². The van der Waals surface area contributed by atoms with Gasteiger partial charge < -0.3 is 10.1 Å². The zero-order valence-corrected chi connectivity index (χ0v) is 13.8. The summed E-state index contributed by atoms with van der Waals surface area (Å²) in [4.78, 5) is 0. The van der Waals surface area contributed by atoms with Crippen molar-refractivity contribution in [1.29, 1.82) is 0 Å². The third-order valence-corrected chi connectivity index (χ3v) is 3.90. The van der Waals surface area contributed by atoms with E-state index in [9.17, 15) is 0 Å². The lowest BCUT2D eigenvalue weighted by Crippen LogP contribution is -2.03. The van der Waals surface area contributed by atoms with E-state index < -0.39 is 0 Å². The molecular formula is C22H23NO. The van der Waals surface area contributed by atoms with E-state index in [1.165, 1.54) is 11.1 Å². The molecule has 24 heavy (non-hydrogen) atoms. The van der Waals surface area contributed by atoms with Gasteiger partial charge in [-0.25, -0.2) is 0 Å². The topological polar surface area (TPSA) is 21.3 Å². The highest BCUT2D eigenvalue weighted by molar-refractivity contribution is 5.48. The van der Waals surface area contributed by atoms with Gasteiger partial charge in [-0.1, -0.05) is 66.7 Å². The van der Waals surface area contributed by atoms with Crippen LogP contribution in [0.5, 0.6) is 5.75 Å². The summed E-state index contributed by atoms with van der Waals surface area (Å²) in [5, 5.41) is 3.47. The molecule has 0 saturated carbocycles. The van der Waals surface area contributed by atoms with E-state index in [1.54, 1.807) is 0 Å². The highest BCUT2D eigenvalue weighted by atomic mass is 16.5. The van der Waals surface area contributed by atoms with Crippen molar-refractivity contribution in [2.75, 3.05) is 11.9 Å². The van der Waals surface area contributed by atoms with Crippen molar-refractivity contribution in [3.8, 4) is 5.75 Å². The lowest BCUT2D eigenvalue weighted by atomic mass is 10.1. The van der Waals surface area contributed by atoms with Crippen molar-refractivity contribution in [2.24, 2.45) is 0 Å². The van der Waals surface area contributed by atoms with Crippen LogP contribution in [0.1, 0.15) is 17.5 Å². The lowest BCUT2D eigenvalue weighted by Gasteiger charge is -2.10. The molecule has 0 saturated heterocycles. The summed E-state index contributed by atoms with van der Waals surface area (Å²) >= 11 is 0. The van der Waals surface area contributed by atoms with Gasteiger partial charge >= 0.3 is 0 Å². The van der Waals surface area contributed by atoms with Gasteiger partial charge in [0.2, 0.25) is 0 Å². The average molecular weight is 317 g/mol. The smallest absolute Gasteiger partial charge is 0.121 e. The molecule has 0 aliphatic rings. The van der Waals surface area contributed by atoms with Gasteiger partial charge in [0.1, 0.15) is 12.4 Å². The van der Waals surface area contributed by atoms with E-state index in [0.29, 0.717) is 6.61 Å². The van der Waals surface area contributed by atoms with Crippen molar-refractivity contribution < 1.29 is 4.74 Å². The minimum Gasteiger partial charge on any atom is -0.489 e. The number of nitrogens with one attached hydrogen (secondary N) is 1. The zero-order chi connectivity index (χ0) is 16.5. The summed E-state index contributed by atoms with van der Waals surface area (Å²) in [7, 11) is 0. The third-order valence-electron chi connectivity index (χ3n) is 3.90. The van der Waals surface area contributed by atoms with Crippen LogP contribution in [-0.4, -0.2) is 6.54 Å². The number of hydrogen-bond acceptors (Lipinski definition) is 2. The molecule has 0 amide bonds. The Bertz CT molecular complexity index is 725. The molecule has 0 aliphatic heterocycles. The quantitative estimate of drug-likeness (QED) is 0.568. The van der Waals surface area contributed by atoms with Gasteiger partial charge in [0.15, 0.2) is 0 Å². The molecule has 122 valence electrons. The van der Waals surface area contributed by atoms with Crippen LogP contribution in [0.25, 0.3) is 0 Å². The largest absolute Gasteiger partial charge is 0.489 e. The Hall–Kier alpha value is -2.74. The van der Waals surface area contributed by atoms with Crippen LogP contribution < -0.4 is 10.1 Å². The first-order chi connectivity index (χ1) is 11.9. The number of ether oxygens (including phenoxy) is 1. The Morgan fingerprint density at radius 1 is 0.708 bits per heavy atom. The zero-order valence-electron chi connectivity index (χ0n) is 13.8. The van der Waals surface area contributed by atoms with E-state index in [1.807, 2.05) is 30.3 Å². The summed E-state index contributed by atoms with van der Waals surface area (Å²) in [6.45, 7) is 1.55. The van der Waals surface area contributed by atoms with E-state index in [4.69, 9.17) is 4.74 Å². The molecule has 0 radical (unpaired) electrons. The van der Waals surface area contributed by atoms with Gasteiger partial charge in [0, 0.05) is 18.3 Å². The minimum absolute atomic E-state index is 0.596. The molecule has 0 bridgehead atoms. The van der Waals surface area contributed by atoms with Crippen LogP contribution in [0.2, 0.25) is 0 Å². The molecule has 2 nitrogen and oxygen atoms in total. The van der Waals surface area contributed by atoms with Crippen LogP contribution in [0, 0.1) is 0 Å². The first-order valence-corrected chi connectivity index (χ1v) is 8.45. The fourth-order valence-corrected chi connectivity index (χ4v) is 2.61. The van der Waals surface area contributed by atoms with Gasteiger partial charge in [-0.2, -0.15) is 0 Å². The van der Waals surface area contributed by atoms with Crippen molar-refractivity contribution in [2.45, 2.75) is 19.4 Å². The molecule has 3 aromatic carbocycles. The number of aryl methyl sites for hydroxylation is 1. The van der Waals surface area contributed by atoms with E-state index in [-0.39, 0.29) is 0 Å². The van der Waals surface area contributed by atoms with Crippen LogP contribution in [0.4, 0.5) is 5.69 Å². The van der Waals surface area contributed by atoms with Gasteiger partial charge in [0.05, 0.1) is 0 Å². The maximum Gasteiger partial charge on any atom is 0.121 e. The van der Waals surface area contributed by atoms with Crippen molar-refractivity contribution >= 4 is 5.69 Å². The number of rotatable bonds is 8. The molecule has 3 rings (SSSR count). The molecule has 0 fully saturated rings. The maximum atomic E-state index is 5.87. The van der Waals surface area contributed by atoms with Crippen molar-refractivity contribution in [1.82, 2.24) is 0 Å². The second-order valence-corrected chi connectivity index (χ2v) is 5.82. The average Bonchev–Trinajstić information content (AvgIpc) is 2.66. The van der Waals surface area contributed by atoms with Crippen LogP contribution in [0.3, 0.4) is 0 Å². The fraction of sp³-hybridized carbons (Fsp3) is 0.182. The van der Waals surface area contributed by atoms with E-state index in [2.05, 4.69) is 59.9 Å². The summed E-state index contributed by atoms with van der Waals surface area (Å²) in [5.41, 5.74) is 3.67. The molecule has 0 aromatic heterocycles. The van der Waals surface area contributed by atoms with Gasteiger partial charge in [-0.3, -0.25) is 0 Å². The predicted octanol–water partition coefficient (Wildman–Crippen LogP) is 5.31. The van der Waals surface area contributed by atoms with Crippen molar-refractivity contribution in [3.05, 3.63) is 96.1 Å². The Kier molecular flexibility index (Phi) is 5.90. The Morgan fingerprint density at radius 3 is 2.17 bits per heavy atom. The lowest BCUT2D eigenvalue weighted by molar-refractivity contribution is 0.306. The monoisotopic (exact) mass is 317 g/mol. The molecule has 0 heterocycles. The summed E-state index contributed by atoms with van der Waals surface area (Å²) in [5.74, 6) is 0.895. The SMILES string of the molecule is c1ccc(CCCNc2cccc(OCc3ccccc3)c2)cc1. The van der Waals surface area contributed by atoms with Crippen LogP contribution in [0.15, 0.2) is 84.9 Å². The summed E-state index contributed by atoms with van der Waals surface area (Å²) in [6.07, 6.45) is 2.21. The Morgan fingerprint density at radius 2 is 1.42 bits per heavy atom. The number of benzene rings is 3. The normalized spacial score (nSPS) is 10.3. The predicted molar refractivity (Wildman–Crippen MR) is 100 cm³/mol. The summed E-state index contributed by atoms with van der Waals surface area (Å²) < 4.78 is 5.87. The second kappa shape index (κ2) is 8.78. The molecular weight excluding hydrogens is 294 g/mol. The molecule has 0 atom stereocenters. The Labute approximate surface area is 144 Å². The van der Waals surface area contributed by atoms with Crippen molar-refractivity contribution in [3.63, 3.8) is 0 Å². The van der Waals surface area contributed by atoms with Crippen LogP contribution >= 0.6 is 0 Å². The van der Waals surface area contributed by atoms with Gasteiger partial charge in [0.25, 0.3) is 0 Å². The molecule has 3 aromatic rings. The number of hydrogen-bond donors (Lipinski definition) is 1. The highest BCUT2D eigenvalue weighted by Crippen LogP contribution is 2.18. The second-order valence-electron chi connectivity index (χ2n) is 5.82. The Balaban J connectivity index is 1.45. The number of anilines is 1. The molecule has 2 heteroatoms. The first-order valence-electron chi connectivity index (χ1n) is 8.45. The van der Waals surface area contributed by atoms with Gasteiger partial charge in [-0.05, 0) is 36.1 Å². The summed E-state index contributed by atoms with van der Waals surface area (Å²) in [6, 6.07) is 29.0. The fourth-order valence-electron chi connectivity index (χ4n) is 2.61. The van der Waals surface area contributed by atoms with E-state index >= 15 is 0 Å². The minimum atomic E-state index is 0.596. The van der Waals surface area contributed by atoms with Crippen LogP contribution in [-0.2, 0) is 13.0 Å². The highest BCUT2D eigenvalue weighted by Gasteiger charge is 1.98. The molecule has 0 aliphatic carbocycles. The van der Waals surface area contributed by atoms with E-state index in [0.717, 1.165) is 30.8 Å². The maximum absolute atomic E-state index is 5.87. The molecule has 1 N–H and O–H groups in total.